The highest BCUT2D eigenvalue weighted by molar-refractivity contribution is 9.09. The normalized spacial score (nSPS) is 19.4. The van der Waals surface area contributed by atoms with Crippen LogP contribution in [0.3, 0.4) is 0 Å². The number of nitro groups is 1. The maximum atomic E-state index is 14.2. The Bertz CT molecular complexity index is 917. The quantitative estimate of drug-likeness (QED) is 0.209. The number of nitrogens with zero attached hydrogens (tertiary/aromatic N) is 4. The molecule has 0 fully saturated rings. The Hall–Kier alpha value is -0.890. The summed E-state index contributed by atoms with van der Waals surface area (Å²) < 4.78 is 57.2. The number of rotatable bonds is 8. The molecule has 2 rings (SSSR count). The lowest BCUT2D eigenvalue weighted by atomic mass is 10.1. The van der Waals surface area contributed by atoms with Crippen LogP contribution in [0.5, 0.6) is 0 Å². The van der Waals surface area contributed by atoms with Crippen molar-refractivity contribution in [2.45, 2.75) is 11.1 Å². The number of halogens is 5. The van der Waals surface area contributed by atoms with Gasteiger partial charge in [-0.1, -0.05) is 31.9 Å². The first-order valence-electron chi connectivity index (χ1n) is 8.44. The molecule has 29 heavy (non-hydrogen) atoms. The van der Waals surface area contributed by atoms with Gasteiger partial charge in [-0.3, -0.25) is 10.1 Å². The van der Waals surface area contributed by atoms with Gasteiger partial charge >= 0.3 is 6.18 Å². The summed E-state index contributed by atoms with van der Waals surface area (Å²) in [5.74, 6) is 0. The fourth-order valence-electron chi connectivity index (χ4n) is 3.09. The van der Waals surface area contributed by atoms with E-state index in [9.17, 15) is 27.5 Å². The minimum atomic E-state index is -4.84. The molecule has 1 aliphatic heterocycles. The molecule has 0 N–H and O–H groups in total. The first-order chi connectivity index (χ1) is 13.4. The number of non-ortho nitro benzene ring substituents is 1. The highest BCUT2D eigenvalue weighted by atomic mass is 79.9. The highest BCUT2D eigenvalue weighted by Crippen LogP contribution is 2.47. The molecular formula is C16H21Br2F3N4O3S. The van der Waals surface area contributed by atoms with Crippen LogP contribution in [0, 0.1) is 10.1 Å². The van der Waals surface area contributed by atoms with Gasteiger partial charge in [0.1, 0.15) is 4.99 Å². The first-order valence-corrected chi connectivity index (χ1v) is 12.2. The van der Waals surface area contributed by atoms with Gasteiger partial charge in [0.2, 0.25) is 0 Å². The predicted octanol–water partition coefficient (Wildman–Crippen LogP) is 3.41. The summed E-state index contributed by atoms with van der Waals surface area (Å²) in [6, 6.07) is 1.52. The van der Waals surface area contributed by atoms with E-state index < -0.39 is 32.1 Å². The molecule has 0 aromatic heterocycles. The van der Waals surface area contributed by atoms with Gasteiger partial charge in [-0.2, -0.15) is 13.2 Å². The molecule has 1 atom stereocenters. The van der Waals surface area contributed by atoms with Crippen molar-refractivity contribution in [2.24, 2.45) is 0 Å². The van der Waals surface area contributed by atoms with Crippen molar-refractivity contribution in [1.29, 1.82) is 0 Å². The van der Waals surface area contributed by atoms with Crippen molar-refractivity contribution in [3.05, 3.63) is 27.8 Å². The lowest BCUT2D eigenvalue weighted by Gasteiger charge is -2.25. The van der Waals surface area contributed by atoms with E-state index in [1.807, 2.05) is 19.0 Å². The van der Waals surface area contributed by atoms with Gasteiger partial charge < -0.3 is 9.80 Å². The van der Waals surface area contributed by atoms with Crippen LogP contribution in [0.2, 0.25) is 0 Å². The summed E-state index contributed by atoms with van der Waals surface area (Å²) in [5, 5.41) is 11.7. The van der Waals surface area contributed by atoms with E-state index >= 15 is 0 Å². The third-order valence-electron chi connectivity index (χ3n) is 4.49. The molecule has 13 heteroatoms. The Morgan fingerprint density at radius 1 is 1.21 bits per heavy atom. The van der Waals surface area contributed by atoms with E-state index in [1.54, 1.807) is 7.05 Å². The zero-order chi connectivity index (χ0) is 22.1. The topological polar surface area (TPSA) is 69.9 Å². The number of nitro benzene ring substituents is 1. The van der Waals surface area contributed by atoms with E-state index in [0.717, 1.165) is 6.07 Å². The van der Waals surface area contributed by atoms with Crippen molar-refractivity contribution in [1.82, 2.24) is 9.21 Å². The smallest absolute Gasteiger partial charge is 0.334 e. The number of anilines is 1. The summed E-state index contributed by atoms with van der Waals surface area (Å²) in [4.78, 5) is 13.7. The fourth-order valence-corrected chi connectivity index (χ4v) is 7.36. The molecule has 1 aromatic rings. The van der Waals surface area contributed by atoms with Crippen LogP contribution in [0.25, 0.3) is 0 Å². The summed E-state index contributed by atoms with van der Waals surface area (Å²) in [6.07, 6.45) is -4.84. The van der Waals surface area contributed by atoms with Crippen LogP contribution >= 0.6 is 31.9 Å². The first kappa shape index (κ1) is 24.4. The average Bonchev–Trinajstić information content (AvgIpc) is 2.87. The van der Waals surface area contributed by atoms with Crippen molar-refractivity contribution in [3.8, 4) is 0 Å². The number of hydrogen-bond donors (Lipinski definition) is 0. The van der Waals surface area contributed by atoms with E-state index in [-0.39, 0.29) is 27.4 Å². The van der Waals surface area contributed by atoms with E-state index in [2.05, 4.69) is 31.9 Å². The Labute approximate surface area is 184 Å². The fraction of sp³-hybridized carbons (Fsp3) is 0.562. The number of alkyl halides is 5. The van der Waals surface area contributed by atoms with Crippen LogP contribution < -0.4 is 4.90 Å². The molecule has 1 aromatic carbocycles. The maximum absolute atomic E-state index is 14.2. The van der Waals surface area contributed by atoms with Gasteiger partial charge in [0, 0.05) is 37.1 Å². The van der Waals surface area contributed by atoms with Crippen molar-refractivity contribution < 1.29 is 22.3 Å². The van der Waals surface area contributed by atoms with E-state index in [1.165, 1.54) is 9.21 Å². The lowest BCUT2D eigenvalue weighted by molar-refractivity contribution is -0.385. The van der Waals surface area contributed by atoms with Gasteiger partial charge in [-0.05, 0) is 21.1 Å². The van der Waals surface area contributed by atoms with Gasteiger partial charge in [0.15, 0.2) is 0 Å². The van der Waals surface area contributed by atoms with Crippen molar-refractivity contribution >= 4 is 57.9 Å². The minimum absolute atomic E-state index is 0.0604. The Kier molecular flexibility index (Phi) is 7.64. The third kappa shape index (κ3) is 4.58. The third-order valence-corrected chi connectivity index (χ3v) is 8.72. The molecular weight excluding hydrogens is 545 g/mol. The highest BCUT2D eigenvalue weighted by Gasteiger charge is 2.45. The second-order valence-electron chi connectivity index (χ2n) is 6.64. The molecule has 164 valence electrons. The molecule has 0 bridgehead atoms. The van der Waals surface area contributed by atoms with Crippen LogP contribution in [0.4, 0.5) is 24.5 Å². The SMILES string of the molecule is CN(C)CCN(C)S1(=O)=C(CBr)N(CCBr)c2c(C(F)(F)F)cc([N+](=O)[O-])cc21. The van der Waals surface area contributed by atoms with Crippen molar-refractivity contribution in [2.75, 3.05) is 56.3 Å². The molecule has 0 amide bonds. The molecule has 0 radical (unpaired) electrons. The average molecular weight is 566 g/mol. The molecule has 0 spiro atoms. The molecule has 1 heterocycles. The monoisotopic (exact) mass is 564 g/mol. The molecule has 0 saturated heterocycles. The van der Waals surface area contributed by atoms with Gasteiger partial charge in [0.05, 0.1) is 36.1 Å². The second-order valence-corrected chi connectivity index (χ2v) is 10.6. The molecule has 0 aliphatic carbocycles. The summed E-state index contributed by atoms with van der Waals surface area (Å²) >= 11 is 6.50. The van der Waals surface area contributed by atoms with Gasteiger partial charge in [0.25, 0.3) is 5.69 Å². The van der Waals surface area contributed by atoms with Crippen molar-refractivity contribution in [3.63, 3.8) is 0 Å². The number of likely N-dealkylation sites (N-methyl/N-ethyl adjacent to an activating group) is 2. The zero-order valence-electron chi connectivity index (χ0n) is 16.0. The van der Waals surface area contributed by atoms with Crippen LogP contribution in [0.1, 0.15) is 5.56 Å². The summed E-state index contributed by atoms with van der Waals surface area (Å²) in [7, 11) is 1.89. The number of fused-ring (bicyclic) bond motifs is 1. The summed E-state index contributed by atoms with van der Waals surface area (Å²) in [5.41, 5.74) is -2.18. The van der Waals surface area contributed by atoms with E-state index in [0.29, 0.717) is 24.5 Å². The Morgan fingerprint density at radius 3 is 2.28 bits per heavy atom. The maximum Gasteiger partial charge on any atom is 0.418 e. The summed E-state index contributed by atoms with van der Waals surface area (Å²) in [6.45, 7) is 0.944. The van der Waals surface area contributed by atoms with Crippen LogP contribution in [-0.4, -0.2) is 74.8 Å². The molecule has 1 aliphatic rings. The number of benzene rings is 1. The zero-order valence-corrected chi connectivity index (χ0v) is 20.0. The molecule has 7 nitrogen and oxygen atoms in total. The Morgan fingerprint density at radius 2 is 1.83 bits per heavy atom. The minimum Gasteiger partial charge on any atom is -0.334 e. The van der Waals surface area contributed by atoms with Crippen LogP contribution in [0.15, 0.2) is 17.0 Å². The van der Waals surface area contributed by atoms with Gasteiger partial charge in [-0.25, -0.2) is 8.51 Å². The second kappa shape index (κ2) is 9.08. The standard InChI is InChI=1S/C16H21Br2F3N4O3S/c1-22(2)6-7-23(3)29(28)13-9-11(25(26)27)8-12(16(19,20)21)15(13)24(5-4-17)14(29)10-18/h8-9H,4-7,10H2,1-3H3. The number of hydrogen-bond acceptors (Lipinski definition) is 5. The van der Waals surface area contributed by atoms with Gasteiger partial charge in [-0.15, -0.1) is 0 Å². The Balaban J connectivity index is 2.88. The lowest BCUT2D eigenvalue weighted by Crippen LogP contribution is -2.40. The largest absolute Gasteiger partial charge is 0.418 e. The van der Waals surface area contributed by atoms with Crippen LogP contribution in [-0.2, 0) is 15.9 Å². The predicted molar refractivity (Wildman–Crippen MR) is 116 cm³/mol. The molecule has 0 saturated carbocycles. The van der Waals surface area contributed by atoms with E-state index in [4.69, 9.17) is 0 Å². The molecule has 1 unspecified atom stereocenters.